The van der Waals surface area contributed by atoms with Crippen molar-refractivity contribution in [2.24, 2.45) is 11.7 Å². The van der Waals surface area contributed by atoms with Crippen LogP contribution in [0.2, 0.25) is 5.02 Å². The fourth-order valence-corrected chi connectivity index (χ4v) is 5.54. The molecule has 0 spiro atoms. The number of primary amides is 1. The van der Waals surface area contributed by atoms with Gasteiger partial charge in [-0.2, -0.15) is 0 Å². The number of ether oxygens (including phenoxy) is 1. The first-order chi connectivity index (χ1) is 17.7. The number of nitrogens with two attached hydrogens (primary N) is 1. The second-order valence-corrected chi connectivity index (χ2v) is 11.0. The molecule has 0 aliphatic heterocycles. The van der Waals surface area contributed by atoms with Gasteiger partial charge in [-0.1, -0.05) is 61.2 Å². The molecule has 1 aromatic heterocycles. The molecule has 3 N–H and O–H groups in total. The van der Waals surface area contributed by atoms with Gasteiger partial charge in [0.15, 0.2) is 11.4 Å². The van der Waals surface area contributed by atoms with Gasteiger partial charge in [0.2, 0.25) is 11.8 Å². The summed E-state index contributed by atoms with van der Waals surface area (Å²) in [6, 6.07) is 14.7. The second kappa shape index (κ2) is 13.0. The molecule has 0 radical (unpaired) electrons. The van der Waals surface area contributed by atoms with E-state index in [1.807, 2.05) is 30.3 Å². The summed E-state index contributed by atoms with van der Waals surface area (Å²) in [5, 5.41) is 12.3. The molecule has 9 heteroatoms. The standard InChI is InChI=1S/C29H36ClN3O4.ClH/c1-33(2,16-9-17-36-23-14-15-25(27(31)34)26(30)18-23)20-24-19-32-28(37-24)29(35,21-10-5-3-6-11-21)22-12-7-4-8-13-22;/h3,5-6,10-11,14-15,18-19,22,35H,4,7-9,12-13,16-17,20H2,1-2H3,(H-,31,34);1H/t29-;/m0./s1. The number of quaternary nitrogens is 1. The van der Waals surface area contributed by atoms with Crippen molar-refractivity contribution in [1.82, 2.24) is 4.98 Å². The van der Waals surface area contributed by atoms with E-state index in [9.17, 15) is 9.90 Å². The number of carbonyl (C=O) groups excluding carboxylic acids is 1. The number of nitrogens with zero attached hydrogens (tertiary/aromatic N) is 2. The highest BCUT2D eigenvalue weighted by Gasteiger charge is 2.44. The Morgan fingerprint density at radius 1 is 1.18 bits per heavy atom. The molecule has 1 aliphatic rings. The predicted molar refractivity (Wildman–Crippen MR) is 143 cm³/mol. The third-order valence-corrected chi connectivity index (χ3v) is 7.57. The van der Waals surface area contributed by atoms with Gasteiger partial charge in [-0.3, -0.25) is 4.79 Å². The molecule has 2 aromatic carbocycles. The van der Waals surface area contributed by atoms with Crippen LogP contribution in [0.3, 0.4) is 0 Å². The number of hydrogen-bond acceptors (Lipinski definition) is 5. The molecule has 1 heterocycles. The lowest BCUT2D eigenvalue weighted by Gasteiger charge is -2.36. The zero-order valence-electron chi connectivity index (χ0n) is 22.0. The van der Waals surface area contributed by atoms with E-state index < -0.39 is 11.5 Å². The molecule has 1 aliphatic carbocycles. The van der Waals surface area contributed by atoms with Gasteiger partial charge in [-0.15, -0.1) is 0 Å². The van der Waals surface area contributed by atoms with Crippen LogP contribution in [0.15, 0.2) is 59.1 Å². The smallest absolute Gasteiger partial charge is 0.250 e. The van der Waals surface area contributed by atoms with Gasteiger partial charge in [-0.05, 0) is 36.6 Å². The van der Waals surface area contributed by atoms with Crippen molar-refractivity contribution in [2.45, 2.75) is 50.7 Å². The number of amides is 1. The summed E-state index contributed by atoms with van der Waals surface area (Å²) >= 11 is 6.10. The molecule has 38 heavy (non-hydrogen) atoms. The maximum Gasteiger partial charge on any atom is 0.250 e. The van der Waals surface area contributed by atoms with Crippen LogP contribution < -0.4 is 22.9 Å². The van der Waals surface area contributed by atoms with Gasteiger partial charge < -0.3 is 36.9 Å². The van der Waals surface area contributed by atoms with Crippen LogP contribution in [0.1, 0.15) is 66.1 Å². The largest absolute Gasteiger partial charge is 1.00 e. The van der Waals surface area contributed by atoms with E-state index in [0.717, 1.165) is 50.0 Å². The number of rotatable bonds is 11. The summed E-state index contributed by atoms with van der Waals surface area (Å²) < 4.78 is 12.7. The molecule has 1 amide bonds. The lowest BCUT2D eigenvalue weighted by molar-refractivity contribution is -0.904. The Hall–Kier alpha value is -2.58. The first kappa shape index (κ1) is 30.0. The number of benzene rings is 2. The van der Waals surface area contributed by atoms with E-state index in [4.69, 9.17) is 26.5 Å². The van der Waals surface area contributed by atoms with Crippen molar-refractivity contribution in [1.29, 1.82) is 0 Å². The number of carbonyl (C=O) groups is 1. The summed E-state index contributed by atoms with van der Waals surface area (Å²) in [6.45, 7) is 1.99. The fourth-order valence-electron chi connectivity index (χ4n) is 5.27. The zero-order chi connectivity index (χ0) is 26.5. The molecule has 3 aromatic rings. The van der Waals surface area contributed by atoms with Gasteiger partial charge in [0, 0.05) is 12.3 Å². The Balaban J connectivity index is 0.00000400. The first-order valence-electron chi connectivity index (χ1n) is 13.0. The number of halogens is 2. The SMILES string of the molecule is C[N+](C)(CCCOc1ccc(C(N)=O)c(Cl)c1)Cc1cnc([C@](O)(c2ccccc2)C2CCCCC2)o1.[Cl-]. The Kier molecular flexibility index (Phi) is 10.2. The molecule has 0 unspecified atom stereocenters. The third kappa shape index (κ3) is 7.08. The van der Waals surface area contributed by atoms with Crippen LogP contribution in [0.25, 0.3) is 0 Å². The lowest BCUT2D eigenvalue weighted by atomic mass is 9.73. The molecular weight excluding hydrogens is 525 g/mol. The molecule has 206 valence electrons. The van der Waals surface area contributed by atoms with E-state index in [1.54, 1.807) is 24.4 Å². The molecule has 0 saturated heterocycles. The molecule has 4 rings (SSSR count). The highest BCUT2D eigenvalue weighted by Crippen LogP contribution is 2.43. The van der Waals surface area contributed by atoms with E-state index in [2.05, 4.69) is 19.1 Å². The zero-order valence-corrected chi connectivity index (χ0v) is 23.5. The van der Waals surface area contributed by atoms with E-state index in [-0.39, 0.29) is 28.9 Å². The summed E-state index contributed by atoms with van der Waals surface area (Å²) in [7, 11) is 4.26. The molecular formula is C29H37Cl2N3O4. The monoisotopic (exact) mass is 561 g/mol. The Labute approximate surface area is 235 Å². The third-order valence-electron chi connectivity index (χ3n) is 7.26. The maximum atomic E-state index is 12.0. The van der Waals surface area contributed by atoms with Crippen LogP contribution in [-0.4, -0.2) is 47.7 Å². The average molecular weight is 563 g/mol. The minimum Gasteiger partial charge on any atom is -1.00 e. The quantitative estimate of drug-likeness (QED) is 0.276. The summed E-state index contributed by atoms with van der Waals surface area (Å²) in [4.78, 5) is 15.9. The highest BCUT2D eigenvalue weighted by molar-refractivity contribution is 6.33. The topological polar surface area (TPSA) is 98.6 Å². The summed E-state index contributed by atoms with van der Waals surface area (Å²) in [6.07, 6.45) is 7.91. The first-order valence-corrected chi connectivity index (χ1v) is 13.3. The normalized spacial score (nSPS) is 15.9. The number of aliphatic hydroxyl groups is 1. The molecule has 7 nitrogen and oxygen atoms in total. The number of oxazole rings is 1. The van der Waals surface area contributed by atoms with Crippen molar-refractivity contribution < 1.29 is 35.9 Å². The van der Waals surface area contributed by atoms with E-state index >= 15 is 0 Å². The minimum atomic E-state index is -1.23. The summed E-state index contributed by atoms with van der Waals surface area (Å²) in [5.41, 5.74) is 5.19. The van der Waals surface area contributed by atoms with Crippen LogP contribution in [0.5, 0.6) is 5.75 Å². The van der Waals surface area contributed by atoms with Gasteiger partial charge in [0.1, 0.15) is 12.3 Å². The number of hydrogen-bond donors (Lipinski definition) is 2. The fraction of sp³-hybridized carbons (Fsp3) is 0.448. The van der Waals surface area contributed by atoms with Crippen LogP contribution in [0, 0.1) is 5.92 Å². The Bertz CT molecular complexity index is 1200. The predicted octanol–water partition coefficient (Wildman–Crippen LogP) is 2.29. The number of aromatic nitrogens is 1. The molecule has 1 fully saturated rings. The second-order valence-electron chi connectivity index (χ2n) is 10.6. The van der Waals surface area contributed by atoms with Crippen LogP contribution >= 0.6 is 11.6 Å². The van der Waals surface area contributed by atoms with Gasteiger partial charge in [0.25, 0.3) is 0 Å². The van der Waals surface area contributed by atoms with Gasteiger partial charge in [-0.25, -0.2) is 4.98 Å². The van der Waals surface area contributed by atoms with Crippen LogP contribution in [-0.2, 0) is 12.1 Å². The van der Waals surface area contributed by atoms with E-state index in [0.29, 0.717) is 29.3 Å². The van der Waals surface area contributed by atoms with Crippen molar-refractivity contribution >= 4 is 17.5 Å². The Morgan fingerprint density at radius 3 is 2.55 bits per heavy atom. The molecule has 0 bridgehead atoms. The lowest BCUT2D eigenvalue weighted by Crippen LogP contribution is -3.00. The average Bonchev–Trinajstić information content (AvgIpc) is 3.35. The van der Waals surface area contributed by atoms with Gasteiger partial charge >= 0.3 is 0 Å². The van der Waals surface area contributed by atoms with Crippen molar-refractivity contribution in [3.8, 4) is 5.75 Å². The molecule has 1 atom stereocenters. The summed E-state index contributed by atoms with van der Waals surface area (Å²) in [5.74, 6) is 1.26. The highest BCUT2D eigenvalue weighted by atomic mass is 35.5. The van der Waals surface area contributed by atoms with Crippen molar-refractivity contribution in [3.05, 3.63) is 82.5 Å². The van der Waals surface area contributed by atoms with Crippen molar-refractivity contribution in [3.63, 3.8) is 0 Å². The Morgan fingerprint density at radius 2 is 1.89 bits per heavy atom. The van der Waals surface area contributed by atoms with Crippen LogP contribution in [0.4, 0.5) is 0 Å². The van der Waals surface area contributed by atoms with E-state index in [1.165, 1.54) is 6.42 Å². The van der Waals surface area contributed by atoms with Crippen molar-refractivity contribution in [2.75, 3.05) is 27.2 Å². The molecule has 1 saturated carbocycles. The maximum absolute atomic E-state index is 12.0. The van der Waals surface area contributed by atoms with Gasteiger partial charge in [0.05, 0.1) is 44.0 Å². The minimum absolute atomic E-state index is 0.